The summed E-state index contributed by atoms with van der Waals surface area (Å²) in [7, 11) is 1.69. The van der Waals surface area contributed by atoms with Gasteiger partial charge in [-0.25, -0.2) is 4.79 Å². The summed E-state index contributed by atoms with van der Waals surface area (Å²) < 4.78 is 9.84. The van der Waals surface area contributed by atoms with Crippen molar-refractivity contribution in [3.05, 3.63) is 0 Å². The fraction of sp³-hybridized carbons (Fsp3) is 0.833. The van der Waals surface area contributed by atoms with Crippen LogP contribution in [0.3, 0.4) is 0 Å². The van der Waals surface area contributed by atoms with Gasteiger partial charge >= 0.3 is 12.0 Å². The highest BCUT2D eigenvalue weighted by Gasteiger charge is 2.22. The minimum Gasteiger partial charge on any atom is -0.465 e. The Hall–Kier alpha value is -1.30. The lowest BCUT2D eigenvalue weighted by molar-refractivity contribution is -0.141. The number of methoxy groups -OCH3 is 1. The molecule has 6 nitrogen and oxygen atoms in total. The normalized spacial score (nSPS) is 16.4. The van der Waals surface area contributed by atoms with Crippen LogP contribution in [0.2, 0.25) is 0 Å². The molecule has 6 heteroatoms. The van der Waals surface area contributed by atoms with Gasteiger partial charge in [0.15, 0.2) is 0 Å². The lowest BCUT2D eigenvalue weighted by Crippen LogP contribution is -2.46. The van der Waals surface area contributed by atoms with Crippen molar-refractivity contribution < 1.29 is 19.1 Å². The molecule has 104 valence electrons. The molecule has 0 aromatic rings. The number of ether oxygens (including phenoxy) is 2. The van der Waals surface area contributed by atoms with Crippen LogP contribution in [0, 0.1) is 5.92 Å². The summed E-state index contributed by atoms with van der Waals surface area (Å²) in [4.78, 5) is 24.6. The maximum atomic E-state index is 11.7. The van der Waals surface area contributed by atoms with E-state index in [-0.39, 0.29) is 12.6 Å². The van der Waals surface area contributed by atoms with Crippen molar-refractivity contribution in [1.82, 2.24) is 10.2 Å². The summed E-state index contributed by atoms with van der Waals surface area (Å²) >= 11 is 0. The number of rotatable bonds is 5. The number of amides is 2. The Morgan fingerprint density at radius 2 is 2.00 bits per heavy atom. The van der Waals surface area contributed by atoms with Crippen LogP contribution in [0.5, 0.6) is 0 Å². The highest BCUT2D eigenvalue weighted by atomic mass is 16.5. The van der Waals surface area contributed by atoms with Crippen LogP contribution in [0.4, 0.5) is 4.79 Å². The van der Waals surface area contributed by atoms with Crippen molar-refractivity contribution in [2.24, 2.45) is 5.92 Å². The molecule has 0 aliphatic carbocycles. The van der Waals surface area contributed by atoms with Crippen LogP contribution in [-0.2, 0) is 14.3 Å². The van der Waals surface area contributed by atoms with Gasteiger partial charge in [-0.05, 0) is 25.7 Å². The summed E-state index contributed by atoms with van der Waals surface area (Å²) in [6.07, 6.45) is 1.89. The van der Waals surface area contributed by atoms with Gasteiger partial charge in [-0.2, -0.15) is 0 Å². The summed E-state index contributed by atoms with van der Waals surface area (Å²) in [5.41, 5.74) is 0. The lowest BCUT2D eigenvalue weighted by atomic mass is 9.98. The first kappa shape index (κ1) is 14.8. The molecule has 0 aromatic carbocycles. The van der Waals surface area contributed by atoms with Gasteiger partial charge in [0, 0.05) is 26.8 Å². The predicted octanol–water partition coefficient (Wildman–Crippen LogP) is 0.617. The van der Waals surface area contributed by atoms with Gasteiger partial charge in [-0.15, -0.1) is 0 Å². The molecule has 1 aliphatic rings. The van der Waals surface area contributed by atoms with Gasteiger partial charge in [0.1, 0.15) is 6.54 Å². The number of urea groups is 1. The van der Waals surface area contributed by atoms with E-state index in [1.807, 2.05) is 0 Å². The zero-order valence-corrected chi connectivity index (χ0v) is 11.1. The molecule has 1 aliphatic heterocycles. The quantitative estimate of drug-likeness (QED) is 0.734. The zero-order valence-electron chi connectivity index (χ0n) is 11.1. The lowest BCUT2D eigenvalue weighted by Gasteiger charge is -2.31. The smallest absolute Gasteiger partial charge is 0.325 e. The molecule has 0 bridgehead atoms. The number of hydrogen-bond donors (Lipinski definition) is 1. The van der Waals surface area contributed by atoms with Crippen LogP contribution < -0.4 is 5.32 Å². The number of carbonyl (C=O) groups is 2. The van der Waals surface area contributed by atoms with Crippen molar-refractivity contribution in [2.75, 3.05) is 40.0 Å². The number of esters is 1. The van der Waals surface area contributed by atoms with Gasteiger partial charge in [0.25, 0.3) is 0 Å². The molecule has 2 amide bonds. The third-order valence-corrected chi connectivity index (χ3v) is 2.99. The maximum Gasteiger partial charge on any atom is 0.325 e. The molecule has 1 N–H and O–H groups in total. The average Bonchev–Trinajstić information content (AvgIpc) is 2.37. The topological polar surface area (TPSA) is 67.9 Å². The second-order valence-electron chi connectivity index (χ2n) is 4.35. The third kappa shape index (κ3) is 4.91. The van der Waals surface area contributed by atoms with Crippen LogP contribution in [0.25, 0.3) is 0 Å². The molecule has 0 saturated carbocycles. The number of hydrogen-bond acceptors (Lipinski definition) is 4. The average molecular weight is 258 g/mol. The first-order valence-electron chi connectivity index (χ1n) is 6.34. The van der Waals surface area contributed by atoms with Gasteiger partial charge in [-0.1, -0.05) is 0 Å². The van der Waals surface area contributed by atoms with Crippen molar-refractivity contribution in [3.8, 4) is 0 Å². The van der Waals surface area contributed by atoms with E-state index >= 15 is 0 Å². The van der Waals surface area contributed by atoms with Gasteiger partial charge < -0.3 is 19.7 Å². The van der Waals surface area contributed by atoms with Crippen molar-refractivity contribution in [1.29, 1.82) is 0 Å². The number of carbonyl (C=O) groups excluding carboxylic acids is 2. The van der Waals surface area contributed by atoms with Crippen molar-refractivity contribution in [2.45, 2.75) is 19.8 Å². The molecule has 1 fully saturated rings. The predicted molar refractivity (Wildman–Crippen MR) is 66.2 cm³/mol. The molecule has 1 heterocycles. The minimum atomic E-state index is -0.403. The number of nitrogens with zero attached hydrogens (tertiary/aromatic N) is 1. The number of piperidine rings is 1. The van der Waals surface area contributed by atoms with Crippen LogP contribution in [-0.4, -0.2) is 56.9 Å². The van der Waals surface area contributed by atoms with Crippen LogP contribution in [0.1, 0.15) is 19.8 Å². The SMILES string of the molecule is CCOC(=O)CNC(=O)N1CCC(COC)CC1. The summed E-state index contributed by atoms with van der Waals surface area (Å²) in [5, 5.41) is 2.56. The largest absolute Gasteiger partial charge is 0.465 e. The van der Waals surface area contributed by atoms with Gasteiger partial charge in [-0.3, -0.25) is 4.79 Å². The molecule has 0 aromatic heterocycles. The maximum absolute atomic E-state index is 11.7. The molecular formula is C12H22N2O4. The van der Waals surface area contributed by atoms with E-state index in [1.165, 1.54) is 0 Å². The van der Waals surface area contributed by atoms with Crippen molar-refractivity contribution >= 4 is 12.0 Å². The Labute approximate surface area is 108 Å². The molecule has 0 radical (unpaired) electrons. The molecule has 1 saturated heterocycles. The fourth-order valence-electron chi connectivity index (χ4n) is 2.01. The van der Waals surface area contributed by atoms with Crippen LogP contribution >= 0.6 is 0 Å². The molecule has 0 spiro atoms. The first-order valence-corrected chi connectivity index (χ1v) is 6.34. The molecule has 0 atom stereocenters. The second-order valence-corrected chi connectivity index (χ2v) is 4.35. The Bertz CT molecular complexity index is 275. The molecule has 0 unspecified atom stereocenters. The minimum absolute atomic E-state index is 0.0648. The summed E-state index contributed by atoms with van der Waals surface area (Å²) in [5.74, 6) is 0.129. The Morgan fingerprint density at radius 3 is 2.56 bits per heavy atom. The van der Waals surface area contributed by atoms with Crippen LogP contribution in [0.15, 0.2) is 0 Å². The standard InChI is InChI=1S/C12H22N2O4/c1-3-18-11(15)8-13-12(16)14-6-4-10(5-7-14)9-17-2/h10H,3-9H2,1-2H3,(H,13,16). The van der Waals surface area contributed by atoms with Gasteiger partial charge in [0.05, 0.1) is 6.61 Å². The van der Waals surface area contributed by atoms with E-state index in [4.69, 9.17) is 9.47 Å². The highest BCUT2D eigenvalue weighted by molar-refractivity contribution is 5.80. The van der Waals surface area contributed by atoms with Gasteiger partial charge in [0.2, 0.25) is 0 Å². The van der Waals surface area contributed by atoms with E-state index < -0.39 is 5.97 Å². The van der Waals surface area contributed by atoms with E-state index in [0.29, 0.717) is 25.6 Å². The van der Waals surface area contributed by atoms with E-state index in [0.717, 1.165) is 19.4 Å². The Kier molecular flexibility index (Phi) is 6.49. The van der Waals surface area contributed by atoms with E-state index in [2.05, 4.69) is 5.32 Å². The van der Waals surface area contributed by atoms with E-state index in [9.17, 15) is 9.59 Å². The monoisotopic (exact) mass is 258 g/mol. The molecule has 1 rings (SSSR count). The third-order valence-electron chi connectivity index (χ3n) is 2.99. The Balaban J connectivity index is 2.21. The highest BCUT2D eigenvalue weighted by Crippen LogP contribution is 2.17. The first-order chi connectivity index (χ1) is 8.67. The Morgan fingerprint density at radius 1 is 1.33 bits per heavy atom. The zero-order chi connectivity index (χ0) is 13.4. The number of nitrogens with one attached hydrogen (secondary N) is 1. The summed E-state index contributed by atoms with van der Waals surface area (Å²) in [6, 6.07) is -0.195. The van der Waals surface area contributed by atoms with Crippen molar-refractivity contribution in [3.63, 3.8) is 0 Å². The molecular weight excluding hydrogens is 236 g/mol. The molecule has 18 heavy (non-hydrogen) atoms. The second kappa shape index (κ2) is 7.92. The fourth-order valence-corrected chi connectivity index (χ4v) is 2.01. The number of likely N-dealkylation sites (tertiary alicyclic amines) is 1. The van der Waals surface area contributed by atoms with E-state index in [1.54, 1.807) is 18.9 Å². The summed E-state index contributed by atoms with van der Waals surface area (Å²) in [6.45, 7) is 4.17.